The van der Waals surface area contributed by atoms with Crippen LogP contribution in [-0.4, -0.2) is 10.8 Å². The van der Waals surface area contributed by atoms with Gasteiger partial charge in [-0.2, -0.15) is 5.26 Å². The predicted octanol–water partition coefficient (Wildman–Crippen LogP) is 3.90. The van der Waals surface area contributed by atoms with Gasteiger partial charge in [0.1, 0.15) is 6.61 Å². The Bertz CT molecular complexity index is 844. The molecule has 0 aliphatic rings. The molecule has 3 aromatic rings. The van der Waals surface area contributed by atoms with Gasteiger partial charge in [-0.25, -0.2) is 0 Å². The van der Waals surface area contributed by atoms with Gasteiger partial charge >= 0.3 is 0 Å². The highest BCUT2D eigenvalue weighted by Crippen LogP contribution is 2.11. The summed E-state index contributed by atoms with van der Waals surface area (Å²) in [6.45, 7) is 0.270. The number of hydrogen-bond donors (Lipinski definition) is 0. The minimum atomic E-state index is 0.270. The number of nitriles is 1. The smallest absolute Gasteiger partial charge is 0.143 e. The summed E-state index contributed by atoms with van der Waals surface area (Å²) in [6.07, 6.45) is 3.64. The fourth-order valence-electron chi connectivity index (χ4n) is 2.28. The zero-order valence-electron chi connectivity index (χ0n) is 12.5. The maximum Gasteiger partial charge on any atom is 0.143 e. The molecule has 1 aromatic heterocycles. The van der Waals surface area contributed by atoms with E-state index in [9.17, 15) is 0 Å². The van der Waals surface area contributed by atoms with Gasteiger partial charge in [-0.05, 0) is 30.3 Å². The van der Waals surface area contributed by atoms with Crippen LogP contribution in [0.2, 0.25) is 0 Å². The molecule has 0 aliphatic heterocycles. The molecule has 0 fully saturated rings. The Morgan fingerprint density at radius 3 is 2.61 bits per heavy atom. The fraction of sp³-hybridized carbons (Fsp3) is 0.0526. The Labute approximate surface area is 134 Å². The van der Waals surface area contributed by atoms with E-state index in [1.165, 1.54) is 0 Å². The first-order chi connectivity index (χ1) is 11.4. The standard InChI is InChI=1S/C19H15N3O/c20-13-16-7-4-5-8-17(16)15-23-21-14-19-11-6-12-22(19)18-9-2-1-3-10-18/h1-12,14H,15H2/b21-14-. The number of nitrogens with zero attached hydrogens (tertiary/aromatic N) is 3. The van der Waals surface area contributed by atoms with Crippen molar-refractivity contribution in [3.63, 3.8) is 0 Å². The third-order valence-electron chi connectivity index (χ3n) is 3.43. The lowest BCUT2D eigenvalue weighted by molar-refractivity contribution is 0.132. The molecule has 0 saturated heterocycles. The van der Waals surface area contributed by atoms with Gasteiger partial charge in [0.25, 0.3) is 0 Å². The Kier molecular flexibility index (Phi) is 4.51. The quantitative estimate of drug-likeness (QED) is 0.530. The van der Waals surface area contributed by atoms with Crippen molar-refractivity contribution >= 4 is 6.21 Å². The lowest BCUT2D eigenvalue weighted by Gasteiger charge is -2.05. The molecule has 0 atom stereocenters. The van der Waals surface area contributed by atoms with E-state index in [1.807, 2.05) is 71.4 Å². The van der Waals surface area contributed by atoms with Gasteiger partial charge in [0.2, 0.25) is 0 Å². The molecule has 3 rings (SSSR count). The van der Waals surface area contributed by atoms with Crippen LogP contribution >= 0.6 is 0 Å². The van der Waals surface area contributed by atoms with Crippen molar-refractivity contribution < 1.29 is 4.84 Å². The summed E-state index contributed by atoms with van der Waals surface area (Å²) in [5, 5.41) is 13.1. The van der Waals surface area contributed by atoms with Gasteiger partial charge in [-0.15, -0.1) is 0 Å². The second kappa shape index (κ2) is 7.10. The molecule has 0 saturated carbocycles. The third kappa shape index (κ3) is 3.47. The summed E-state index contributed by atoms with van der Waals surface area (Å²) in [7, 11) is 0. The first kappa shape index (κ1) is 14.6. The highest BCUT2D eigenvalue weighted by Gasteiger charge is 2.02. The first-order valence-corrected chi connectivity index (χ1v) is 7.24. The van der Waals surface area contributed by atoms with E-state index in [2.05, 4.69) is 11.2 Å². The zero-order valence-corrected chi connectivity index (χ0v) is 12.5. The predicted molar refractivity (Wildman–Crippen MR) is 89.3 cm³/mol. The average Bonchev–Trinajstić information content (AvgIpc) is 3.08. The Morgan fingerprint density at radius 1 is 1.00 bits per heavy atom. The van der Waals surface area contributed by atoms with Crippen LogP contribution < -0.4 is 0 Å². The van der Waals surface area contributed by atoms with Gasteiger partial charge in [0.15, 0.2) is 0 Å². The molecule has 0 spiro atoms. The fourth-order valence-corrected chi connectivity index (χ4v) is 2.28. The molecule has 2 aromatic carbocycles. The number of hydrogen-bond acceptors (Lipinski definition) is 3. The molecule has 112 valence electrons. The molecule has 0 bridgehead atoms. The maximum absolute atomic E-state index is 9.04. The van der Waals surface area contributed by atoms with Crippen LogP contribution in [0.3, 0.4) is 0 Å². The molecule has 4 nitrogen and oxygen atoms in total. The summed E-state index contributed by atoms with van der Waals surface area (Å²) in [5.41, 5.74) is 3.42. The maximum atomic E-state index is 9.04. The van der Waals surface area contributed by atoms with E-state index < -0.39 is 0 Å². The highest BCUT2D eigenvalue weighted by molar-refractivity contribution is 5.78. The van der Waals surface area contributed by atoms with E-state index in [-0.39, 0.29) is 6.61 Å². The Morgan fingerprint density at radius 2 is 1.78 bits per heavy atom. The van der Waals surface area contributed by atoms with Crippen molar-refractivity contribution in [2.45, 2.75) is 6.61 Å². The molecule has 4 heteroatoms. The van der Waals surface area contributed by atoms with Crippen LogP contribution in [-0.2, 0) is 11.4 Å². The van der Waals surface area contributed by atoms with Crippen LogP contribution in [0.1, 0.15) is 16.8 Å². The molecule has 23 heavy (non-hydrogen) atoms. The minimum Gasteiger partial charge on any atom is -0.391 e. The van der Waals surface area contributed by atoms with Crippen LogP contribution in [0.25, 0.3) is 5.69 Å². The van der Waals surface area contributed by atoms with Crippen molar-refractivity contribution in [3.8, 4) is 11.8 Å². The van der Waals surface area contributed by atoms with E-state index in [4.69, 9.17) is 10.1 Å². The van der Waals surface area contributed by atoms with Gasteiger partial charge in [0.05, 0.1) is 23.5 Å². The lowest BCUT2D eigenvalue weighted by Crippen LogP contribution is -1.98. The Hall–Kier alpha value is -3.32. The highest BCUT2D eigenvalue weighted by atomic mass is 16.6. The summed E-state index contributed by atoms with van der Waals surface area (Å²) < 4.78 is 2.02. The van der Waals surface area contributed by atoms with Crippen molar-refractivity contribution in [1.29, 1.82) is 5.26 Å². The monoisotopic (exact) mass is 301 g/mol. The van der Waals surface area contributed by atoms with Gasteiger partial charge < -0.3 is 9.40 Å². The molecule has 1 heterocycles. The summed E-state index contributed by atoms with van der Waals surface area (Å²) in [6, 6.07) is 23.4. The van der Waals surface area contributed by atoms with Gasteiger partial charge in [-0.1, -0.05) is 41.6 Å². The van der Waals surface area contributed by atoms with Crippen molar-refractivity contribution in [2.75, 3.05) is 0 Å². The van der Waals surface area contributed by atoms with Crippen LogP contribution in [0, 0.1) is 11.3 Å². The number of para-hydroxylation sites is 1. The molecular weight excluding hydrogens is 286 g/mol. The van der Waals surface area contributed by atoms with Crippen LogP contribution in [0.4, 0.5) is 0 Å². The second-order valence-corrected chi connectivity index (χ2v) is 4.92. The van der Waals surface area contributed by atoms with E-state index >= 15 is 0 Å². The minimum absolute atomic E-state index is 0.270. The molecule has 0 amide bonds. The average molecular weight is 301 g/mol. The van der Waals surface area contributed by atoms with Gasteiger partial charge in [-0.3, -0.25) is 0 Å². The SMILES string of the molecule is N#Cc1ccccc1CO/N=C\c1cccn1-c1ccccc1. The van der Waals surface area contributed by atoms with Crippen LogP contribution in [0.5, 0.6) is 0 Å². The third-order valence-corrected chi connectivity index (χ3v) is 3.43. The van der Waals surface area contributed by atoms with Crippen molar-refractivity contribution in [1.82, 2.24) is 4.57 Å². The molecule has 0 aliphatic carbocycles. The molecule has 0 radical (unpaired) electrons. The first-order valence-electron chi connectivity index (χ1n) is 7.24. The van der Waals surface area contributed by atoms with E-state index in [0.717, 1.165) is 16.9 Å². The summed E-state index contributed by atoms with van der Waals surface area (Å²) >= 11 is 0. The number of rotatable bonds is 5. The topological polar surface area (TPSA) is 50.3 Å². The zero-order chi connectivity index (χ0) is 15.9. The molecule has 0 unspecified atom stereocenters. The van der Waals surface area contributed by atoms with Crippen molar-refractivity contribution in [3.05, 3.63) is 89.7 Å². The van der Waals surface area contributed by atoms with Gasteiger partial charge in [0, 0.05) is 17.4 Å². The van der Waals surface area contributed by atoms with E-state index in [1.54, 1.807) is 12.3 Å². The molecular formula is C19H15N3O. The number of benzene rings is 2. The largest absolute Gasteiger partial charge is 0.391 e. The van der Waals surface area contributed by atoms with Crippen LogP contribution in [0.15, 0.2) is 78.1 Å². The second-order valence-electron chi connectivity index (χ2n) is 4.92. The lowest BCUT2D eigenvalue weighted by atomic mass is 10.1. The molecule has 0 N–H and O–H groups in total. The summed E-state index contributed by atoms with van der Waals surface area (Å²) in [4.78, 5) is 5.33. The summed E-state index contributed by atoms with van der Waals surface area (Å²) in [5.74, 6) is 0. The van der Waals surface area contributed by atoms with E-state index in [0.29, 0.717) is 5.56 Å². The Balaban J connectivity index is 1.68. The normalized spacial score (nSPS) is 10.6. The number of oxime groups is 1. The number of aromatic nitrogens is 1. The van der Waals surface area contributed by atoms with Crippen molar-refractivity contribution in [2.24, 2.45) is 5.16 Å².